The van der Waals surface area contributed by atoms with Gasteiger partial charge < -0.3 is 5.32 Å². The molecular weight excluding hydrogens is 194 g/mol. The predicted molar refractivity (Wildman–Crippen MR) is 72.6 cm³/mol. The average molecular weight is 221 g/mol. The lowest BCUT2D eigenvalue weighted by molar-refractivity contribution is 0.390. The van der Waals surface area contributed by atoms with Crippen molar-refractivity contribution in [2.45, 2.75) is 45.4 Å². The molecule has 0 amide bonds. The van der Waals surface area contributed by atoms with Gasteiger partial charge in [-0.25, -0.2) is 0 Å². The van der Waals surface area contributed by atoms with Gasteiger partial charge in [-0.3, -0.25) is 0 Å². The number of hydrogen-bond acceptors (Lipinski definition) is 1. The van der Waals surface area contributed by atoms with E-state index in [1.807, 2.05) is 6.08 Å². The monoisotopic (exact) mass is 221 g/mol. The Morgan fingerprint density at radius 1 is 1.56 bits per heavy atom. The lowest BCUT2D eigenvalue weighted by Crippen LogP contribution is -2.22. The molecule has 1 saturated carbocycles. The second-order valence-corrected chi connectivity index (χ2v) is 5.26. The van der Waals surface area contributed by atoms with E-state index in [1.54, 1.807) is 0 Å². The van der Waals surface area contributed by atoms with Crippen LogP contribution in [0.25, 0.3) is 0 Å². The molecule has 1 aliphatic carbocycles. The normalized spacial score (nSPS) is 27.8. The average Bonchev–Trinajstić information content (AvgIpc) is 2.97. The lowest BCUT2D eigenvalue weighted by atomic mass is 9.92. The van der Waals surface area contributed by atoms with Gasteiger partial charge in [0.05, 0.1) is 0 Å². The minimum atomic E-state index is 0.579. The maximum absolute atomic E-state index is 4.11. The molecule has 1 fully saturated rings. The summed E-state index contributed by atoms with van der Waals surface area (Å²) in [5.41, 5.74) is 1.99. The summed E-state index contributed by atoms with van der Waals surface area (Å²) in [6, 6.07) is 0. The molecule has 0 spiro atoms. The standard InChI is InChI=1S/C15H27N/c1-5-7-8-14-11-15(14,12-16-4)10-9-13(3)6-2/h5,14,16H,1,3,6-12H2,2,4H3. The van der Waals surface area contributed by atoms with Crippen LogP contribution in [0.3, 0.4) is 0 Å². The molecule has 0 bridgehead atoms. The van der Waals surface area contributed by atoms with E-state index in [4.69, 9.17) is 0 Å². The van der Waals surface area contributed by atoms with Crippen LogP contribution >= 0.6 is 0 Å². The van der Waals surface area contributed by atoms with E-state index < -0.39 is 0 Å². The molecule has 0 heterocycles. The lowest BCUT2D eigenvalue weighted by Gasteiger charge is -2.17. The Bertz CT molecular complexity index is 244. The zero-order valence-corrected chi connectivity index (χ0v) is 11.0. The molecule has 0 aromatic heterocycles. The van der Waals surface area contributed by atoms with Gasteiger partial charge in [-0.15, -0.1) is 6.58 Å². The molecule has 16 heavy (non-hydrogen) atoms. The molecule has 1 N–H and O–H groups in total. The quantitative estimate of drug-likeness (QED) is 0.582. The van der Waals surface area contributed by atoms with Gasteiger partial charge in [-0.05, 0) is 56.9 Å². The van der Waals surface area contributed by atoms with Crippen molar-refractivity contribution < 1.29 is 0 Å². The van der Waals surface area contributed by atoms with Crippen molar-refractivity contribution >= 4 is 0 Å². The molecule has 1 nitrogen and oxygen atoms in total. The Morgan fingerprint density at radius 3 is 2.88 bits per heavy atom. The minimum Gasteiger partial charge on any atom is -0.319 e. The molecular formula is C15H27N. The number of rotatable bonds is 9. The Hall–Kier alpha value is -0.560. The molecule has 0 aromatic carbocycles. The van der Waals surface area contributed by atoms with E-state index >= 15 is 0 Å². The van der Waals surface area contributed by atoms with Gasteiger partial charge in [0, 0.05) is 6.54 Å². The Morgan fingerprint density at radius 2 is 2.31 bits per heavy atom. The van der Waals surface area contributed by atoms with E-state index in [2.05, 4.69) is 32.4 Å². The highest BCUT2D eigenvalue weighted by Gasteiger charge is 2.51. The highest BCUT2D eigenvalue weighted by atomic mass is 14.9. The van der Waals surface area contributed by atoms with Crippen LogP contribution in [-0.4, -0.2) is 13.6 Å². The second kappa shape index (κ2) is 6.24. The van der Waals surface area contributed by atoms with E-state index in [9.17, 15) is 0 Å². The topological polar surface area (TPSA) is 12.0 Å². The summed E-state index contributed by atoms with van der Waals surface area (Å²) in [7, 11) is 2.07. The fraction of sp³-hybridized carbons (Fsp3) is 0.733. The summed E-state index contributed by atoms with van der Waals surface area (Å²) in [6.45, 7) is 11.3. The Labute approximate surface area is 101 Å². The maximum atomic E-state index is 4.11. The molecule has 92 valence electrons. The molecule has 1 heteroatoms. The third-order valence-corrected chi connectivity index (χ3v) is 4.08. The van der Waals surface area contributed by atoms with Crippen LogP contribution in [-0.2, 0) is 0 Å². The number of hydrogen-bond donors (Lipinski definition) is 1. The zero-order chi connectivity index (χ0) is 12.0. The fourth-order valence-electron chi connectivity index (χ4n) is 2.72. The van der Waals surface area contributed by atoms with Crippen molar-refractivity contribution in [3.05, 3.63) is 24.8 Å². The van der Waals surface area contributed by atoms with E-state index in [0.29, 0.717) is 5.41 Å². The van der Waals surface area contributed by atoms with E-state index in [1.165, 1.54) is 44.2 Å². The summed E-state index contributed by atoms with van der Waals surface area (Å²) in [5, 5.41) is 3.36. The van der Waals surface area contributed by atoms with Gasteiger partial charge in [0.1, 0.15) is 0 Å². The number of nitrogens with one attached hydrogen (secondary N) is 1. The Balaban J connectivity index is 2.37. The first kappa shape index (κ1) is 13.5. The van der Waals surface area contributed by atoms with Crippen molar-refractivity contribution in [2.24, 2.45) is 11.3 Å². The first-order chi connectivity index (χ1) is 7.68. The SMILES string of the molecule is C=CCCC1CC1(CCC(=C)CC)CNC. The molecule has 2 unspecified atom stereocenters. The fourth-order valence-corrected chi connectivity index (χ4v) is 2.72. The van der Waals surface area contributed by atoms with Crippen molar-refractivity contribution in [3.8, 4) is 0 Å². The van der Waals surface area contributed by atoms with Crippen LogP contribution in [0.5, 0.6) is 0 Å². The highest BCUT2D eigenvalue weighted by molar-refractivity contribution is 5.06. The molecule has 0 aromatic rings. The predicted octanol–water partition coefficient (Wildman–Crippen LogP) is 3.92. The first-order valence-electron chi connectivity index (χ1n) is 6.60. The van der Waals surface area contributed by atoms with E-state index in [0.717, 1.165) is 12.3 Å². The molecule has 0 radical (unpaired) electrons. The summed E-state index contributed by atoms with van der Waals surface area (Å²) in [6.07, 6.45) is 9.61. The third kappa shape index (κ3) is 3.48. The van der Waals surface area contributed by atoms with Crippen LogP contribution in [0.2, 0.25) is 0 Å². The molecule has 0 aliphatic heterocycles. The van der Waals surface area contributed by atoms with Crippen LogP contribution in [0.1, 0.15) is 45.4 Å². The van der Waals surface area contributed by atoms with Crippen molar-refractivity contribution in [1.29, 1.82) is 0 Å². The number of allylic oxidation sites excluding steroid dienone is 2. The van der Waals surface area contributed by atoms with E-state index in [-0.39, 0.29) is 0 Å². The minimum absolute atomic E-state index is 0.579. The van der Waals surface area contributed by atoms with Crippen LogP contribution in [0.15, 0.2) is 24.8 Å². The van der Waals surface area contributed by atoms with Crippen molar-refractivity contribution in [1.82, 2.24) is 5.32 Å². The first-order valence-corrected chi connectivity index (χ1v) is 6.60. The summed E-state index contributed by atoms with van der Waals surface area (Å²) in [4.78, 5) is 0. The smallest absolute Gasteiger partial charge is 0.000768 e. The molecule has 1 aliphatic rings. The zero-order valence-electron chi connectivity index (χ0n) is 11.0. The molecule has 1 rings (SSSR count). The van der Waals surface area contributed by atoms with Crippen molar-refractivity contribution in [2.75, 3.05) is 13.6 Å². The largest absolute Gasteiger partial charge is 0.319 e. The van der Waals surface area contributed by atoms with Gasteiger partial charge in [0.2, 0.25) is 0 Å². The summed E-state index contributed by atoms with van der Waals surface area (Å²) < 4.78 is 0. The molecule has 2 atom stereocenters. The summed E-state index contributed by atoms with van der Waals surface area (Å²) >= 11 is 0. The highest BCUT2D eigenvalue weighted by Crippen LogP contribution is 2.58. The van der Waals surface area contributed by atoms with Crippen LogP contribution in [0, 0.1) is 11.3 Å². The maximum Gasteiger partial charge on any atom is 0.000768 e. The third-order valence-electron chi connectivity index (χ3n) is 4.08. The van der Waals surface area contributed by atoms with Gasteiger partial charge in [-0.1, -0.05) is 25.2 Å². The van der Waals surface area contributed by atoms with Gasteiger partial charge in [-0.2, -0.15) is 0 Å². The van der Waals surface area contributed by atoms with Gasteiger partial charge in [0.15, 0.2) is 0 Å². The van der Waals surface area contributed by atoms with Crippen LogP contribution in [0.4, 0.5) is 0 Å². The molecule has 0 saturated heterocycles. The summed E-state index contributed by atoms with van der Waals surface area (Å²) in [5.74, 6) is 0.919. The van der Waals surface area contributed by atoms with Crippen molar-refractivity contribution in [3.63, 3.8) is 0 Å². The van der Waals surface area contributed by atoms with Gasteiger partial charge in [0.25, 0.3) is 0 Å². The Kier molecular flexibility index (Phi) is 5.27. The van der Waals surface area contributed by atoms with Crippen LogP contribution < -0.4 is 5.32 Å². The second-order valence-electron chi connectivity index (χ2n) is 5.26. The van der Waals surface area contributed by atoms with Gasteiger partial charge >= 0.3 is 0 Å².